The van der Waals surface area contributed by atoms with Crippen molar-refractivity contribution in [2.75, 3.05) is 19.7 Å². The second-order valence-corrected chi connectivity index (χ2v) is 5.81. The van der Waals surface area contributed by atoms with Gasteiger partial charge in [0.2, 0.25) is 0 Å². The number of likely N-dealkylation sites (tertiary alicyclic amines) is 1. The molecule has 3 atom stereocenters. The van der Waals surface area contributed by atoms with Gasteiger partial charge in [0.1, 0.15) is 6.04 Å². The van der Waals surface area contributed by atoms with Crippen LogP contribution in [0.1, 0.15) is 40.0 Å². The molecule has 1 aliphatic heterocycles. The largest absolute Gasteiger partial charge is 0.465 e. The average molecular weight is 279 g/mol. The number of esters is 1. The normalized spacial score (nSPS) is 27.4. The lowest BCUT2D eigenvalue weighted by Crippen LogP contribution is -2.39. The van der Waals surface area contributed by atoms with Crippen molar-refractivity contribution in [3.8, 4) is 0 Å². The van der Waals surface area contributed by atoms with Crippen molar-refractivity contribution in [3.63, 3.8) is 0 Å². The van der Waals surface area contributed by atoms with Gasteiger partial charge in [-0.25, -0.2) is 0 Å². The lowest BCUT2D eigenvalue weighted by molar-refractivity contribution is -0.148. The number of hydrogen-bond acceptors (Lipinski definition) is 4. The summed E-state index contributed by atoms with van der Waals surface area (Å²) in [5, 5.41) is 0. The Hall–Kier alpha value is -1.16. The number of nitrogens with zero attached hydrogens (tertiary/aromatic N) is 1. The zero-order valence-electron chi connectivity index (χ0n) is 12.7. The number of Topliss-reactive ketones (excluding diaryl/α,β-unsaturated/α-hetero) is 1. The highest BCUT2D eigenvalue weighted by Crippen LogP contribution is 2.36. The summed E-state index contributed by atoms with van der Waals surface area (Å²) in [6, 6.07) is -0.249. The van der Waals surface area contributed by atoms with Gasteiger partial charge in [-0.15, -0.1) is 0 Å². The summed E-state index contributed by atoms with van der Waals surface area (Å²) >= 11 is 0. The number of carbonyl (C=O) groups excluding carboxylic acids is 2. The molecule has 20 heavy (non-hydrogen) atoms. The second kappa shape index (κ2) is 6.53. The summed E-state index contributed by atoms with van der Waals surface area (Å²) in [6.07, 6.45) is 5.27. The first kappa shape index (κ1) is 15.2. The van der Waals surface area contributed by atoms with Gasteiger partial charge in [-0.05, 0) is 32.3 Å². The zero-order valence-corrected chi connectivity index (χ0v) is 12.7. The Kier molecular flexibility index (Phi) is 4.97. The molecule has 112 valence electrons. The van der Waals surface area contributed by atoms with Crippen molar-refractivity contribution in [1.82, 2.24) is 4.90 Å². The number of ether oxygens (including phenoxy) is 1. The number of carbonyl (C=O) groups is 2. The van der Waals surface area contributed by atoms with E-state index < -0.39 is 0 Å². The van der Waals surface area contributed by atoms with Crippen LogP contribution in [0.4, 0.5) is 0 Å². The predicted octanol–water partition coefficient (Wildman–Crippen LogP) is 2.19. The summed E-state index contributed by atoms with van der Waals surface area (Å²) in [6.45, 7) is 7.72. The highest BCUT2D eigenvalue weighted by atomic mass is 16.5. The molecule has 4 heteroatoms. The van der Waals surface area contributed by atoms with Crippen LogP contribution in [-0.4, -0.2) is 42.4 Å². The van der Waals surface area contributed by atoms with Gasteiger partial charge in [0.05, 0.1) is 6.61 Å². The van der Waals surface area contributed by atoms with Crippen molar-refractivity contribution >= 4 is 11.8 Å². The number of ketones is 1. The molecule has 1 saturated heterocycles. The van der Waals surface area contributed by atoms with Gasteiger partial charge in [0, 0.05) is 24.9 Å². The number of unbranched alkanes of at least 4 members (excludes halogenated alkanes) is 1. The third-order valence-corrected chi connectivity index (χ3v) is 4.44. The highest BCUT2D eigenvalue weighted by Gasteiger charge is 2.44. The molecule has 1 aliphatic carbocycles. The standard InChI is InChI=1S/C16H25NO3/c1-4-6-7-12-8-13-9-17(10-14(13)15(12)18)11(3)16(19)20-5-2/h8,11,13-14H,4-7,9-10H2,1-3H3/t11-,13-,14+/m1/s1. The van der Waals surface area contributed by atoms with E-state index in [2.05, 4.69) is 17.9 Å². The number of hydrogen-bond donors (Lipinski definition) is 0. The molecule has 0 unspecified atom stereocenters. The minimum Gasteiger partial charge on any atom is -0.465 e. The minimum atomic E-state index is -0.249. The highest BCUT2D eigenvalue weighted by molar-refractivity contribution is 6.00. The number of rotatable bonds is 6. The summed E-state index contributed by atoms with van der Waals surface area (Å²) in [5.41, 5.74) is 1.02. The van der Waals surface area contributed by atoms with Gasteiger partial charge < -0.3 is 4.74 Å². The fraction of sp³-hybridized carbons (Fsp3) is 0.750. The molecule has 0 spiro atoms. The molecule has 0 aromatic heterocycles. The first-order valence-corrected chi connectivity index (χ1v) is 7.74. The van der Waals surface area contributed by atoms with Crippen LogP contribution in [0.25, 0.3) is 0 Å². The quantitative estimate of drug-likeness (QED) is 0.699. The van der Waals surface area contributed by atoms with Crippen molar-refractivity contribution in [1.29, 1.82) is 0 Å². The van der Waals surface area contributed by atoms with E-state index in [1.807, 2.05) is 13.8 Å². The SMILES string of the molecule is CCCCC1=C[C@@H]2CN([C@H](C)C(=O)OCC)C[C@@H]2C1=O. The van der Waals surface area contributed by atoms with Crippen LogP contribution in [-0.2, 0) is 14.3 Å². The molecule has 0 aromatic rings. The first-order chi connectivity index (χ1) is 9.58. The molecule has 1 fully saturated rings. The molecule has 0 N–H and O–H groups in total. The molecule has 2 aliphatic rings. The molecule has 0 saturated carbocycles. The van der Waals surface area contributed by atoms with E-state index in [9.17, 15) is 9.59 Å². The Labute approximate surface area is 121 Å². The zero-order chi connectivity index (χ0) is 14.7. The Morgan fingerprint density at radius 1 is 1.45 bits per heavy atom. The fourth-order valence-corrected chi connectivity index (χ4v) is 3.19. The van der Waals surface area contributed by atoms with Crippen molar-refractivity contribution in [2.24, 2.45) is 11.8 Å². The van der Waals surface area contributed by atoms with E-state index in [0.29, 0.717) is 24.9 Å². The summed E-state index contributed by atoms with van der Waals surface area (Å²) in [7, 11) is 0. The molecule has 0 bridgehead atoms. The second-order valence-electron chi connectivity index (χ2n) is 5.81. The van der Waals surface area contributed by atoms with Crippen LogP contribution in [0.5, 0.6) is 0 Å². The van der Waals surface area contributed by atoms with Gasteiger partial charge in [-0.2, -0.15) is 0 Å². The van der Waals surface area contributed by atoms with Crippen LogP contribution in [0.15, 0.2) is 11.6 Å². The maximum absolute atomic E-state index is 12.3. The Bertz CT molecular complexity index is 416. The monoisotopic (exact) mass is 279 g/mol. The Morgan fingerprint density at radius 2 is 2.20 bits per heavy atom. The van der Waals surface area contributed by atoms with E-state index in [1.54, 1.807) is 0 Å². The van der Waals surface area contributed by atoms with E-state index in [0.717, 1.165) is 31.4 Å². The van der Waals surface area contributed by atoms with Gasteiger partial charge in [0.15, 0.2) is 5.78 Å². The molecule has 2 rings (SSSR count). The van der Waals surface area contributed by atoms with Crippen molar-refractivity contribution in [3.05, 3.63) is 11.6 Å². The Balaban J connectivity index is 1.95. The molecular formula is C16H25NO3. The van der Waals surface area contributed by atoms with Crippen molar-refractivity contribution in [2.45, 2.75) is 46.1 Å². The average Bonchev–Trinajstić information content (AvgIpc) is 2.96. The summed E-state index contributed by atoms with van der Waals surface area (Å²) in [4.78, 5) is 26.2. The van der Waals surface area contributed by atoms with E-state index in [4.69, 9.17) is 4.74 Å². The van der Waals surface area contributed by atoms with Crippen molar-refractivity contribution < 1.29 is 14.3 Å². The van der Waals surface area contributed by atoms with Crippen LogP contribution in [0.3, 0.4) is 0 Å². The van der Waals surface area contributed by atoms with Gasteiger partial charge in [-0.3, -0.25) is 14.5 Å². The molecular weight excluding hydrogens is 254 g/mol. The molecule has 0 amide bonds. The van der Waals surface area contributed by atoms with Crippen LogP contribution in [0, 0.1) is 11.8 Å². The van der Waals surface area contributed by atoms with Gasteiger partial charge in [-0.1, -0.05) is 19.4 Å². The smallest absolute Gasteiger partial charge is 0.323 e. The maximum atomic E-state index is 12.3. The van der Waals surface area contributed by atoms with E-state index in [-0.39, 0.29) is 17.9 Å². The first-order valence-electron chi connectivity index (χ1n) is 7.74. The van der Waals surface area contributed by atoms with Gasteiger partial charge in [0.25, 0.3) is 0 Å². The molecule has 1 heterocycles. The lowest BCUT2D eigenvalue weighted by Gasteiger charge is -2.22. The minimum absolute atomic E-state index is 0.0683. The van der Waals surface area contributed by atoms with Gasteiger partial charge >= 0.3 is 5.97 Å². The van der Waals surface area contributed by atoms with Crippen LogP contribution >= 0.6 is 0 Å². The van der Waals surface area contributed by atoms with Crippen LogP contribution < -0.4 is 0 Å². The maximum Gasteiger partial charge on any atom is 0.323 e. The Morgan fingerprint density at radius 3 is 2.80 bits per heavy atom. The lowest BCUT2D eigenvalue weighted by atomic mass is 9.97. The third kappa shape index (κ3) is 2.95. The fourth-order valence-electron chi connectivity index (χ4n) is 3.19. The van der Waals surface area contributed by atoms with E-state index in [1.165, 1.54) is 0 Å². The third-order valence-electron chi connectivity index (χ3n) is 4.44. The molecule has 0 radical (unpaired) electrons. The predicted molar refractivity (Wildman–Crippen MR) is 77.3 cm³/mol. The number of allylic oxidation sites excluding steroid dienone is 1. The summed E-state index contributed by atoms with van der Waals surface area (Å²) in [5.74, 6) is 0.488. The number of fused-ring (bicyclic) bond motifs is 1. The molecule has 0 aromatic carbocycles. The summed E-state index contributed by atoms with van der Waals surface area (Å²) < 4.78 is 5.06. The topological polar surface area (TPSA) is 46.6 Å². The van der Waals surface area contributed by atoms with Crippen LogP contribution in [0.2, 0.25) is 0 Å². The van der Waals surface area contributed by atoms with E-state index >= 15 is 0 Å². The molecule has 4 nitrogen and oxygen atoms in total.